The van der Waals surface area contributed by atoms with Gasteiger partial charge in [0.2, 0.25) is 0 Å². The Labute approximate surface area is 72.8 Å². The van der Waals surface area contributed by atoms with Crippen molar-refractivity contribution in [1.29, 1.82) is 0 Å². The maximum Gasteiger partial charge on any atom is 0.107 e. The van der Waals surface area contributed by atoms with Crippen molar-refractivity contribution in [3.63, 3.8) is 0 Å². The summed E-state index contributed by atoms with van der Waals surface area (Å²) in [4.78, 5) is 1.90. The molecule has 0 spiro atoms. The van der Waals surface area contributed by atoms with E-state index in [4.69, 9.17) is 0 Å². The number of anilines is 1. The van der Waals surface area contributed by atoms with Crippen molar-refractivity contribution < 1.29 is 4.39 Å². The van der Waals surface area contributed by atoms with Gasteiger partial charge in [-0.1, -0.05) is 17.7 Å². The van der Waals surface area contributed by atoms with Crippen LogP contribution in [0.15, 0.2) is 24.3 Å². The van der Waals surface area contributed by atoms with E-state index in [-0.39, 0.29) is 6.67 Å². The van der Waals surface area contributed by atoms with Crippen LogP contribution in [0.2, 0.25) is 0 Å². The molecule has 66 valence electrons. The fraction of sp³-hybridized carbons (Fsp3) is 0.400. The van der Waals surface area contributed by atoms with Gasteiger partial charge in [0.25, 0.3) is 0 Å². The second-order valence-electron chi connectivity index (χ2n) is 2.95. The van der Waals surface area contributed by atoms with Gasteiger partial charge in [-0.25, -0.2) is 4.39 Å². The van der Waals surface area contributed by atoms with E-state index in [9.17, 15) is 4.39 Å². The highest BCUT2D eigenvalue weighted by atomic mass is 19.1. The van der Waals surface area contributed by atoms with E-state index in [0.717, 1.165) is 5.69 Å². The van der Waals surface area contributed by atoms with E-state index in [0.29, 0.717) is 6.54 Å². The van der Waals surface area contributed by atoms with Crippen LogP contribution in [-0.2, 0) is 0 Å². The van der Waals surface area contributed by atoms with E-state index >= 15 is 0 Å². The topological polar surface area (TPSA) is 3.24 Å². The van der Waals surface area contributed by atoms with Crippen LogP contribution in [0.1, 0.15) is 5.56 Å². The molecule has 0 aliphatic rings. The Kier molecular flexibility index (Phi) is 3.09. The van der Waals surface area contributed by atoms with Crippen LogP contribution in [0.25, 0.3) is 0 Å². The van der Waals surface area contributed by atoms with Crippen LogP contribution in [0.5, 0.6) is 0 Å². The van der Waals surface area contributed by atoms with Gasteiger partial charge < -0.3 is 4.90 Å². The molecule has 1 aromatic carbocycles. The fourth-order valence-corrected chi connectivity index (χ4v) is 1.06. The molecule has 0 unspecified atom stereocenters. The second kappa shape index (κ2) is 4.10. The highest BCUT2D eigenvalue weighted by Crippen LogP contribution is 2.12. The van der Waals surface area contributed by atoms with Gasteiger partial charge in [-0.3, -0.25) is 0 Å². The molecular weight excluding hydrogens is 153 g/mol. The Morgan fingerprint density at radius 2 is 1.83 bits per heavy atom. The minimum absolute atomic E-state index is 0.301. The molecule has 0 radical (unpaired) electrons. The summed E-state index contributed by atoms with van der Waals surface area (Å²) in [5.74, 6) is 0. The zero-order valence-corrected chi connectivity index (χ0v) is 7.55. The zero-order valence-electron chi connectivity index (χ0n) is 7.55. The molecule has 0 N–H and O–H groups in total. The van der Waals surface area contributed by atoms with Crippen molar-refractivity contribution in [1.82, 2.24) is 0 Å². The number of benzene rings is 1. The predicted molar refractivity (Wildman–Crippen MR) is 50.4 cm³/mol. The van der Waals surface area contributed by atoms with E-state index in [1.165, 1.54) is 5.56 Å². The minimum atomic E-state index is -0.301. The van der Waals surface area contributed by atoms with Gasteiger partial charge in [-0.05, 0) is 19.1 Å². The monoisotopic (exact) mass is 167 g/mol. The van der Waals surface area contributed by atoms with Crippen molar-refractivity contribution >= 4 is 5.69 Å². The maximum absolute atomic E-state index is 12.0. The van der Waals surface area contributed by atoms with Gasteiger partial charge in [0.05, 0.1) is 0 Å². The third-order valence-corrected chi connectivity index (χ3v) is 1.89. The van der Waals surface area contributed by atoms with Crippen LogP contribution < -0.4 is 4.90 Å². The summed E-state index contributed by atoms with van der Waals surface area (Å²) in [5, 5.41) is 0. The molecule has 0 amide bonds. The molecule has 1 nitrogen and oxygen atoms in total. The lowest BCUT2D eigenvalue weighted by atomic mass is 10.2. The highest BCUT2D eigenvalue weighted by Gasteiger charge is 1.97. The summed E-state index contributed by atoms with van der Waals surface area (Å²) in [7, 11) is 1.89. The lowest BCUT2D eigenvalue weighted by molar-refractivity contribution is 0.497. The standard InChI is InChI=1S/C10H14FN/c1-9-3-5-10(6-4-9)12(2)8-7-11/h3-6H,7-8H2,1-2H3. The summed E-state index contributed by atoms with van der Waals surface area (Å²) in [6.07, 6.45) is 0. The third kappa shape index (κ3) is 2.22. The molecule has 0 saturated carbocycles. The normalized spacial score (nSPS) is 9.92. The van der Waals surface area contributed by atoms with Gasteiger partial charge >= 0.3 is 0 Å². The Morgan fingerprint density at radius 1 is 1.25 bits per heavy atom. The summed E-state index contributed by atoms with van der Waals surface area (Å²) in [5.41, 5.74) is 2.30. The highest BCUT2D eigenvalue weighted by molar-refractivity contribution is 5.46. The molecule has 1 rings (SSSR count). The molecule has 0 heterocycles. The van der Waals surface area contributed by atoms with Gasteiger partial charge in [-0.2, -0.15) is 0 Å². The molecule has 12 heavy (non-hydrogen) atoms. The van der Waals surface area contributed by atoms with Gasteiger partial charge in [0.1, 0.15) is 6.67 Å². The first-order chi connectivity index (χ1) is 5.74. The molecule has 2 heteroatoms. The van der Waals surface area contributed by atoms with Crippen LogP contribution in [-0.4, -0.2) is 20.3 Å². The number of rotatable bonds is 3. The summed E-state index contributed by atoms with van der Waals surface area (Å²) < 4.78 is 12.0. The zero-order chi connectivity index (χ0) is 8.97. The average molecular weight is 167 g/mol. The molecule has 0 atom stereocenters. The number of alkyl halides is 1. The quantitative estimate of drug-likeness (QED) is 0.668. The van der Waals surface area contributed by atoms with Gasteiger partial charge in [-0.15, -0.1) is 0 Å². The van der Waals surface area contributed by atoms with Crippen LogP contribution in [0.3, 0.4) is 0 Å². The van der Waals surface area contributed by atoms with Crippen molar-refractivity contribution in [3.8, 4) is 0 Å². The Morgan fingerprint density at radius 3 is 2.33 bits per heavy atom. The first-order valence-electron chi connectivity index (χ1n) is 4.08. The van der Waals surface area contributed by atoms with E-state index in [2.05, 4.69) is 0 Å². The van der Waals surface area contributed by atoms with Crippen LogP contribution in [0, 0.1) is 6.92 Å². The summed E-state index contributed by atoms with van der Waals surface area (Å²) in [6, 6.07) is 8.07. The minimum Gasteiger partial charge on any atom is -0.372 e. The average Bonchev–Trinajstić information content (AvgIpc) is 2.06. The number of hydrogen-bond acceptors (Lipinski definition) is 1. The van der Waals surface area contributed by atoms with Crippen molar-refractivity contribution in [2.24, 2.45) is 0 Å². The lowest BCUT2D eigenvalue weighted by Crippen LogP contribution is -2.19. The Balaban J connectivity index is 2.68. The van der Waals surface area contributed by atoms with Crippen LogP contribution in [0.4, 0.5) is 10.1 Å². The molecule has 1 aromatic rings. The lowest BCUT2D eigenvalue weighted by Gasteiger charge is -2.17. The maximum atomic E-state index is 12.0. The first-order valence-corrected chi connectivity index (χ1v) is 4.08. The molecule has 0 aliphatic heterocycles. The molecule has 0 aliphatic carbocycles. The molecule has 0 aromatic heterocycles. The molecular formula is C10H14FN. The number of hydrogen-bond donors (Lipinski definition) is 0. The van der Waals surface area contributed by atoms with Crippen molar-refractivity contribution in [3.05, 3.63) is 29.8 Å². The fourth-order valence-electron chi connectivity index (χ4n) is 1.06. The summed E-state index contributed by atoms with van der Waals surface area (Å²) in [6.45, 7) is 2.20. The Bertz CT molecular complexity index is 230. The van der Waals surface area contributed by atoms with E-state index in [1.807, 2.05) is 43.1 Å². The SMILES string of the molecule is Cc1ccc(N(C)CCF)cc1. The summed E-state index contributed by atoms with van der Waals surface area (Å²) >= 11 is 0. The smallest absolute Gasteiger partial charge is 0.107 e. The molecule has 0 bridgehead atoms. The van der Waals surface area contributed by atoms with Crippen LogP contribution >= 0.6 is 0 Å². The number of nitrogens with zero attached hydrogens (tertiary/aromatic N) is 1. The van der Waals surface area contributed by atoms with E-state index in [1.54, 1.807) is 0 Å². The molecule has 0 fully saturated rings. The third-order valence-electron chi connectivity index (χ3n) is 1.89. The van der Waals surface area contributed by atoms with Crippen molar-refractivity contribution in [2.75, 3.05) is 25.2 Å². The van der Waals surface area contributed by atoms with Gasteiger partial charge in [0, 0.05) is 19.3 Å². The first kappa shape index (κ1) is 9.04. The Hall–Kier alpha value is -1.05. The predicted octanol–water partition coefficient (Wildman–Crippen LogP) is 2.40. The molecule has 0 saturated heterocycles. The largest absolute Gasteiger partial charge is 0.372 e. The second-order valence-corrected chi connectivity index (χ2v) is 2.95. The number of aryl methyl sites for hydroxylation is 1. The van der Waals surface area contributed by atoms with E-state index < -0.39 is 0 Å². The number of halogens is 1. The van der Waals surface area contributed by atoms with Crippen molar-refractivity contribution in [2.45, 2.75) is 6.92 Å². The van der Waals surface area contributed by atoms with Gasteiger partial charge in [0.15, 0.2) is 0 Å².